The van der Waals surface area contributed by atoms with E-state index in [1.165, 1.54) is 30.7 Å². The van der Waals surface area contributed by atoms with Gasteiger partial charge in [0.05, 0.1) is 5.56 Å². The molecule has 0 aliphatic carbocycles. The van der Waals surface area contributed by atoms with Crippen LogP contribution in [0.1, 0.15) is 5.56 Å². The molecular formula is C21H14F4N6O2. The number of hydrogen-bond acceptors (Lipinski definition) is 5. The fourth-order valence-corrected chi connectivity index (χ4v) is 3.00. The number of halogens is 4. The smallest absolute Gasteiger partial charge is 0.346 e. The summed E-state index contributed by atoms with van der Waals surface area (Å²) >= 11 is 0. The largest absolute Gasteiger partial charge is 0.416 e. The number of carbonyl (C=O) groups is 1. The van der Waals surface area contributed by atoms with E-state index in [4.69, 9.17) is 0 Å². The lowest BCUT2D eigenvalue weighted by atomic mass is 10.2. The number of fused-ring (bicyclic) bond motifs is 1. The lowest BCUT2D eigenvalue weighted by molar-refractivity contribution is -0.137. The monoisotopic (exact) mass is 458 g/mol. The predicted octanol–water partition coefficient (Wildman–Crippen LogP) is 4.86. The van der Waals surface area contributed by atoms with Crippen molar-refractivity contribution in [2.45, 2.75) is 6.18 Å². The number of pyridine rings is 1. The fraction of sp³-hybridized carbons (Fsp3) is 0.0476. The van der Waals surface area contributed by atoms with Crippen LogP contribution >= 0.6 is 0 Å². The van der Waals surface area contributed by atoms with Crippen LogP contribution in [0.5, 0.6) is 0 Å². The number of anilines is 4. The first-order valence-corrected chi connectivity index (χ1v) is 9.34. The minimum absolute atomic E-state index is 0.271. The topological polar surface area (TPSA) is 112 Å². The van der Waals surface area contributed by atoms with Crippen LogP contribution in [0.4, 0.5) is 45.2 Å². The van der Waals surface area contributed by atoms with Gasteiger partial charge in [0.1, 0.15) is 29.0 Å². The number of aromatic nitrogens is 3. The lowest BCUT2D eigenvalue weighted by Crippen LogP contribution is -2.20. The molecule has 0 saturated carbocycles. The highest BCUT2D eigenvalue weighted by atomic mass is 19.4. The minimum Gasteiger partial charge on any atom is -0.346 e. The van der Waals surface area contributed by atoms with E-state index in [-0.39, 0.29) is 22.3 Å². The zero-order valence-corrected chi connectivity index (χ0v) is 16.5. The molecule has 0 aliphatic heterocycles. The highest BCUT2D eigenvalue weighted by Crippen LogP contribution is 2.31. The molecule has 2 aromatic heterocycles. The third kappa shape index (κ3) is 5.06. The van der Waals surface area contributed by atoms with Crippen LogP contribution in [-0.2, 0) is 6.18 Å². The van der Waals surface area contributed by atoms with Crippen LogP contribution in [0, 0.1) is 5.82 Å². The number of benzene rings is 2. The van der Waals surface area contributed by atoms with Crippen LogP contribution < -0.4 is 21.4 Å². The van der Waals surface area contributed by atoms with Crippen LogP contribution in [-0.4, -0.2) is 21.0 Å². The number of nitrogens with zero attached hydrogens (tertiary/aromatic N) is 2. The first-order chi connectivity index (χ1) is 15.7. The molecule has 2 heterocycles. The number of hydrogen-bond donors (Lipinski definition) is 4. The van der Waals surface area contributed by atoms with Crippen molar-refractivity contribution < 1.29 is 22.4 Å². The Bertz CT molecular complexity index is 1380. The van der Waals surface area contributed by atoms with Crippen molar-refractivity contribution in [3.05, 3.63) is 82.7 Å². The average molecular weight is 458 g/mol. The molecule has 8 nitrogen and oxygen atoms in total. The molecule has 0 fully saturated rings. The second-order valence-electron chi connectivity index (χ2n) is 6.80. The Hall–Kier alpha value is -4.48. The summed E-state index contributed by atoms with van der Waals surface area (Å²) in [6, 6.07) is 8.43. The maximum absolute atomic E-state index is 13.5. The zero-order valence-electron chi connectivity index (χ0n) is 16.5. The molecule has 12 heteroatoms. The van der Waals surface area contributed by atoms with Crippen LogP contribution in [0.2, 0.25) is 0 Å². The Kier molecular flexibility index (Phi) is 5.65. The van der Waals surface area contributed by atoms with Gasteiger partial charge in [-0.25, -0.2) is 19.2 Å². The van der Waals surface area contributed by atoms with Gasteiger partial charge in [0, 0.05) is 29.3 Å². The molecule has 0 spiro atoms. The van der Waals surface area contributed by atoms with E-state index in [0.29, 0.717) is 29.2 Å². The van der Waals surface area contributed by atoms with Crippen molar-refractivity contribution in [2.24, 2.45) is 0 Å². The number of aromatic amines is 1. The summed E-state index contributed by atoms with van der Waals surface area (Å²) < 4.78 is 51.9. The molecular weight excluding hydrogens is 444 g/mol. The molecule has 0 unspecified atom stereocenters. The van der Waals surface area contributed by atoms with Crippen LogP contribution in [0.15, 0.2) is 65.8 Å². The zero-order chi connectivity index (χ0) is 23.6. The molecule has 168 valence electrons. The summed E-state index contributed by atoms with van der Waals surface area (Å²) in [7, 11) is 0. The van der Waals surface area contributed by atoms with Gasteiger partial charge in [-0.1, -0.05) is 0 Å². The minimum atomic E-state index is -4.75. The van der Waals surface area contributed by atoms with E-state index in [1.54, 1.807) is 12.1 Å². The van der Waals surface area contributed by atoms with Crippen molar-refractivity contribution in [1.82, 2.24) is 15.0 Å². The molecule has 0 saturated heterocycles. The van der Waals surface area contributed by atoms with E-state index >= 15 is 0 Å². The second-order valence-corrected chi connectivity index (χ2v) is 6.80. The summed E-state index contributed by atoms with van der Waals surface area (Å²) in [6.07, 6.45) is -1.99. The van der Waals surface area contributed by atoms with Gasteiger partial charge in [-0.2, -0.15) is 13.2 Å². The van der Waals surface area contributed by atoms with Gasteiger partial charge in [-0.15, -0.1) is 0 Å². The molecule has 4 aromatic rings. The summed E-state index contributed by atoms with van der Waals surface area (Å²) in [5.41, 5.74) is -0.614. The molecule has 33 heavy (non-hydrogen) atoms. The van der Waals surface area contributed by atoms with Gasteiger partial charge in [0.2, 0.25) is 0 Å². The predicted molar refractivity (Wildman–Crippen MR) is 114 cm³/mol. The Morgan fingerprint density at radius 1 is 0.909 bits per heavy atom. The van der Waals surface area contributed by atoms with Crippen LogP contribution in [0.3, 0.4) is 0 Å². The quantitative estimate of drug-likeness (QED) is 0.326. The normalized spacial score (nSPS) is 11.3. The Morgan fingerprint density at radius 3 is 2.33 bits per heavy atom. The average Bonchev–Trinajstić information content (AvgIpc) is 2.74. The van der Waals surface area contributed by atoms with Crippen molar-refractivity contribution >= 4 is 39.9 Å². The Balaban J connectivity index is 1.45. The molecule has 2 amide bonds. The molecule has 2 aromatic carbocycles. The number of rotatable bonds is 4. The molecule has 4 rings (SSSR count). The van der Waals surface area contributed by atoms with Crippen LogP contribution in [0.25, 0.3) is 11.0 Å². The van der Waals surface area contributed by atoms with Gasteiger partial charge in [-0.3, -0.25) is 4.79 Å². The second kappa shape index (κ2) is 8.57. The van der Waals surface area contributed by atoms with E-state index in [2.05, 4.69) is 30.9 Å². The van der Waals surface area contributed by atoms with Crippen molar-refractivity contribution in [3.8, 4) is 0 Å². The van der Waals surface area contributed by atoms with Gasteiger partial charge in [0.25, 0.3) is 0 Å². The SMILES string of the molecule is O=C(Nc1ccc(Nc2ncnc3[nH]ccc(=O)c23)cc1)Nc1cc(F)cc(C(F)(F)F)c1. The van der Waals surface area contributed by atoms with E-state index in [0.717, 1.165) is 6.07 Å². The number of alkyl halides is 3. The van der Waals surface area contributed by atoms with Crippen molar-refractivity contribution in [2.75, 3.05) is 16.0 Å². The van der Waals surface area contributed by atoms with Gasteiger partial charge >= 0.3 is 12.2 Å². The summed E-state index contributed by atoms with van der Waals surface area (Å²) in [6.45, 7) is 0. The van der Waals surface area contributed by atoms with Gasteiger partial charge in [-0.05, 0) is 42.5 Å². The summed E-state index contributed by atoms with van der Waals surface area (Å²) in [5, 5.41) is 7.86. The Morgan fingerprint density at radius 2 is 1.61 bits per heavy atom. The number of urea groups is 1. The fourth-order valence-electron chi connectivity index (χ4n) is 3.00. The molecule has 0 atom stereocenters. The van der Waals surface area contributed by atoms with E-state index in [9.17, 15) is 27.2 Å². The number of H-pyrrole nitrogens is 1. The van der Waals surface area contributed by atoms with Crippen molar-refractivity contribution in [1.29, 1.82) is 0 Å². The number of nitrogens with one attached hydrogen (secondary N) is 4. The molecule has 0 radical (unpaired) electrons. The first kappa shape index (κ1) is 21.7. The molecule has 0 aliphatic rings. The number of amides is 2. The third-order valence-corrected chi connectivity index (χ3v) is 4.44. The highest BCUT2D eigenvalue weighted by Gasteiger charge is 2.31. The molecule has 4 N–H and O–H groups in total. The van der Waals surface area contributed by atoms with Gasteiger partial charge < -0.3 is 20.9 Å². The van der Waals surface area contributed by atoms with Crippen molar-refractivity contribution in [3.63, 3.8) is 0 Å². The van der Waals surface area contributed by atoms with E-state index < -0.39 is 23.6 Å². The third-order valence-electron chi connectivity index (χ3n) is 4.44. The first-order valence-electron chi connectivity index (χ1n) is 9.34. The van der Waals surface area contributed by atoms with Gasteiger partial charge in [0.15, 0.2) is 5.43 Å². The maximum Gasteiger partial charge on any atom is 0.416 e. The summed E-state index contributed by atoms with van der Waals surface area (Å²) in [5.74, 6) is -0.849. The van der Waals surface area contributed by atoms with E-state index in [1.807, 2.05) is 0 Å². The standard InChI is InChI=1S/C21H14F4N6O2/c22-12-7-11(21(23,24)25)8-15(9-12)31-20(33)30-14-3-1-13(2-4-14)29-19-17-16(32)5-6-26-18(17)27-10-28-19/h1-10H,(H2,30,31,33)(H2,26,27,28,29,32). The number of carbonyl (C=O) groups excluding carboxylic acids is 1. The maximum atomic E-state index is 13.5. The summed E-state index contributed by atoms with van der Waals surface area (Å²) in [4.78, 5) is 35.2. The molecule has 0 bridgehead atoms. The Labute approximate surface area is 182 Å². The highest BCUT2D eigenvalue weighted by molar-refractivity contribution is 6.00. The lowest BCUT2D eigenvalue weighted by Gasteiger charge is -2.12.